The normalized spacial score (nSPS) is 14.4. The lowest BCUT2D eigenvalue weighted by Gasteiger charge is -2.28. The second-order valence-electron chi connectivity index (χ2n) is 7.04. The number of ether oxygens (including phenoxy) is 1. The topological polar surface area (TPSA) is 150 Å². The fourth-order valence-corrected chi connectivity index (χ4v) is 4.10. The van der Waals surface area contributed by atoms with E-state index in [9.17, 15) is 22.8 Å². The molecule has 3 N–H and O–H groups in total. The monoisotopic (exact) mass is 448 g/mol. The SMILES string of the molecule is C[C@@H](Cc1ccc(NS(=O)(=O)c2ccc3c(c2)N(CC(=O)O)C(=O)CO3)cc1)C(=O)O. The summed E-state index contributed by atoms with van der Waals surface area (Å²) in [6, 6.07) is 10.1. The maximum Gasteiger partial charge on any atom is 0.323 e. The minimum atomic E-state index is -4.05. The van der Waals surface area contributed by atoms with E-state index in [2.05, 4.69) is 4.72 Å². The number of anilines is 2. The molecule has 2 aromatic rings. The molecule has 164 valence electrons. The Labute approximate surface area is 178 Å². The van der Waals surface area contributed by atoms with Gasteiger partial charge in [-0.2, -0.15) is 0 Å². The minimum absolute atomic E-state index is 0.0551. The van der Waals surface area contributed by atoms with Crippen LogP contribution in [0.15, 0.2) is 47.4 Å². The summed E-state index contributed by atoms with van der Waals surface area (Å²) in [5, 5.41) is 18.0. The molecule has 2 aromatic carbocycles. The molecule has 11 heteroatoms. The Hall–Kier alpha value is -3.60. The third-order valence-electron chi connectivity index (χ3n) is 4.65. The number of nitrogens with one attached hydrogen (secondary N) is 1. The number of carbonyl (C=O) groups is 3. The highest BCUT2D eigenvalue weighted by Gasteiger charge is 2.29. The molecule has 1 heterocycles. The number of hydrogen-bond acceptors (Lipinski definition) is 6. The van der Waals surface area contributed by atoms with Gasteiger partial charge in [0.15, 0.2) is 6.61 Å². The first-order valence-corrected chi connectivity index (χ1v) is 10.7. The van der Waals surface area contributed by atoms with Crippen LogP contribution in [0.2, 0.25) is 0 Å². The molecule has 0 saturated carbocycles. The fraction of sp³-hybridized carbons (Fsp3) is 0.250. The molecule has 0 aliphatic carbocycles. The highest BCUT2D eigenvalue weighted by molar-refractivity contribution is 7.92. The highest BCUT2D eigenvalue weighted by Crippen LogP contribution is 2.34. The molecule has 0 fully saturated rings. The molecule has 1 aliphatic rings. The average molecular weight is 448 g/mol. The lowest BCUT2D eigenvalue weighted by atomic mass is 10.0. The Morgan fingerprint density at radius 3 is 2.45 bits per heavy atom. The maximum atomic E-state index is 12.8. The van der Waals surface area contributed by atoms with E-state index in [0.29, 0.717) is 6.42 Å². The Bertz CT molecular complexity index is 1130. The van der Waals surface area contributed by atoms with Crippen LogP contribution in [0.3, 0.4) is 0 Å². The third kappa shape index (κ3) is 5.12. The number of carboxylic acid groups (broad SMARTS) is 2. The number of carboxylic acids is 2. The van der Waals surface area contributed by atoms with Crippen molar-refractivity contribution < 1.29 is 37.8 Å². The minimum Gasteiger partial charge on any atom is -0.482 e. The number of hydrogen-bond donors (Lipinski definition) is 3. The van der Waals surface area contributed by atoms with E-state index in [1.54, 1.807) is 19.1 Å². The van der Waals surface area contributed by atoms with Gasteiger partial charge in [-0.15, -0.1) is 0 Å². The molecule has 0 bridgehead atoms. The number of sulfonamides is 1. The number of carbonyl (C=O) groups excluding carboxylic acids is 1. The van der Waals surface area contributed by atoms with Crippen LogP contribution in [0.25, 0.3) is 0 Å². The molecule has 0 aromatic heterocycles. The first-order valence-electron chi connectivity index (χ1n) is 9.20. The quantitative estimate of drug-likeness (QED) is 0.551. The Balaban J connectivity index is 1.82. The molecule has 1 atom stereocenters. The summed E-state index contributed by atoms with van der Waals surface area (Å²) in [6.07, 6.45) is 0.306. The summed E-state index contributed by atoms with van der Waals surface area (Å²) in [7, 11) is -4.05. The molecular weight excluding hydrogens is 428 g/mol. The molecule has 1 amide bonds. The lowest BCUT2D eigenvalue weighted by Crippen LogP contribution is -2.42. The van der Waals surface area contributed by atoms with E-state index in [-0.39, 0.29) is 28.6 Å². The number of amides is 1. The standard InChI is InChI=1S/C20H20N2O8S/c1-12(20(26)27)8-13-2-4-14(5-3-13)21-31(28,29)15-6-7-17-16(9-15)22(10-19(24)25)18(23)11-30-17/h2-7,9,12,21H,8,10-11H2,1H3,(H,24,25)(H,26,27)/t12-/m0/s1. The van der Waals surface area contributed by atoms with Gasteiger partial charge in [-0.05, 0) is 42.3 Å². The van der Waals surface area contributed by atoms with Gasteiger partial charge in [0.25, 0.3) is 15.9 Å². The molecule has 1 aliphatic heterocycles. The second-order valence-corrected chi connectivity index (χ2v) is 8.72. The van der Waals surface area contributed by atoms with E-state index in [4.69, 9.17) is 14.9 Å². The molecule has 0 saturated heterocycles. The summed E-state index contributed by atoms with van der Waals surface area (Å²) in [6.45, 7) is 0.622. The van der Waals surface area contributed by atoms with Gasteiger partial charge in [0.2, 0.25) is 0 Å². The number of rotatable bonds is 8. The molecule has 0 unspecified atom stereocenters. The van der Waals surface area contributed by atoms with Crippen LogP contribution < -0.4 is 14.4 Å². The number of nitrogens with zero attached hydrogens (tertiary/aromatic N) is 1. The predicted octanol–water partition coefficient (Wildman–Crippen LogP) is 1.56. The van der Waals surface area contributed by atoms with Crippen molar-refractivity contribution in [2.45, 2.75) is 18.2 Å². The van der Waals surface area contributed by atoms with Gasteiger partial charge >= 0.3 is 11.9 Å². The molecule has 0 radical (unpaired) electrons. The van der Waals surface area contributed by atoms with Crippen LogP contribution >= 0.6 is 0 Å². The first kappa shape index (κ1) is 22.1. The van der Waals surface area contributed by atoms with E-state index in [1.165, 1.54) is 30.3 Å². The zero-order chi connectivity index (χ0) is 22.8. The van der Waals surface area contributed by atoms with Crippen molar-refractivity contribution in [1.82, 2.24) is 0 Å². The molecule has 10 nitrogen and oxygen atoms in total. The number of benzene rings is 2. The summed E-state index contributed by atoms with van der Waals surface area (Å²) >= 11 is 0. The van der Waals surface area contributed by atoms with Gasteiger partial charge in [-0.3, -0.25) is 24.0 Å². The van der Waals surface area contributed by atoms with Gasteiger partial charge in [-0.25, -0.2) is 8.42 Å². The Kier molecular flexibility index (Phi) is 6.16. The average Bonchev–Trinajstić information content (AvgIpc) is 2.70. The number of aliphatic carboxylic acids is 2. The zero-order valence-electron chi connectivity index (χ0n) is 16.4. The van der Waals surface area contributed by atoms with Crippen molar-refractivity contribution in [3.05, 3.63) is 48.0 Å². The summed E-state index contributed by atoms with van der Waals surface area (Å²) in [5.41, 5.74) is 1.06. The Morgan fingerprint density at radius 1 is 1.16 bits per heavy atom. The molecule has 31 heavy (non-hydrogen) atoms. The van der Waals surface area contributed by atoms with E-state index in [1.807, 2.05) is 0 Å². The smallest absolute Gasteiger partial charge is 0.323 e. The van der Waals surface area contributed by atoms with Crippen molar-refractivity contribution in [1.29, 1.82) is 0 Å². The summed E-state index contributed by atoms with van der Waals surface area (Å²) in [4.78, 5) is 34.9. The van der Waals surface area contributed by atoms with Gasteiger partial charge < -0.3 is 14.9 Å². The van der Waals surface area contributed by atoms with Crippen LogP contribution in [0.5, 0.6) is 5.75 Å². The molecule has 0 spiro atoms. The van der Waals surface area contributed by atoms with E-state index >= 15 is 0 Å². The predicted molar refractivity (Wildman–Crippen MR) is 110 cm³/mol. The largest absolute Gasteiger partial charge is 0.482 e. The lowest BCUT2D eigenvalue weighted by molar-refractivity contribution is -0.141. The number of fused-ring (bicyclic) bond motifs is 1. The van der Waals surface area contributed by atoms with Crippen LogP contribution in [0, 0.1) is 5.92 Å². The second kappa shape index (κ2) is 8.64. The van der Waals surface area contributed by atoms with Crippen LogP contribution in [0.1, 0.15) is 12.5 Å². The first-order chi connectivity index (χ1) is 14.6. The van der Waals surface area contributed by atoms with Gasteiger partial charge in [0, 0.05) is 5.69 Å². The fourth-order valence-electron chi connectivity index (χ4n) is 3.02. The van der Waals surface area contributed by atoms with Crippen molar-refractivity contribution in [2.75, 3.05) is 22.8 Å². The molecule has 3 rings (SSSR count). The van der Waals surface area contributed by atoms with E-state index < -0.39 is 40.3 Å². The maximum absolute atomic E-state index is 12.8. The van der Waals surface area contributed by atoms with Crippen molar-refractivity contribution in [2.24, 2.45) is 5.92 Å². The summed E-state index contributed by atoms with van der Waals surface area (Å²) < 4.78 is 33.3. The van der Waals surface area contributed by atoms with Crippen molar-refractivity contribution >= 4 is 39.2 Å². The van der Waals surface area contributed by atoms with E-state index in [0.717, 1.165) is 10.5 Å². The van der Waals surface area contributed by atoms with Gasteiger partial charge in [0.05, 0.1) is 16.5 Å². The van der Waals surface area contributed by atoms with Gasteiger partial charge in [-0.1, -0.05) is 19.1 Å². The van der Waals surface area contributed by atoms with Gasteiger partial charge in [0.1, 0.15) is 12.3 Å². The third-order valence-corrected chi connectivity index (χ3v) is 6.03. The zero-order valence-corrected chi connectivity index (χ0v) is 17.3. The van der Waals surface area contributed by atoms with Crippen LogP contribution in [-0.4, -0.2) is 49.6 Å². The Morgan fingerprint density at radius 2 is 1.84 bits per heavy atom. The molecular formula is C20H20N2O8S. The van der Waals surface area contributed by atoms with Crippen molar-refractivity contribution in [3.8, 4) is 5.75 Å². The van der Waals surface area contributed by atoms with Crippen LogP contribution in [0.4, 0.5) is 11.4 Å². The van der Waals surface area contributed by atoms with Crippen molar-refractivity contribution in [3.63, 3.8) is 0 Å². The summed E-state index contributed by atoms with van der Waals surface area (Å²) in [5.74, 6) is -3.13. The highest BCUT2D eigenvalue weighted by atomic mass is 32.2. The van der Waals surface area contributed by atoms with Crippen LogP contribution in [-0.2, 0) is 30.8 Å².